The Morgan fingerprint density at radius 3 is 2.57 bits per heavy atom. The van der Waals surface area contributed by atoms with Gasteiger partial charge in [0.25, 0.3) is 0 Å². The van der Waals surface area contributed by atoms with Gasteiger partial charge in [0.2, 0.25) is 6.41 Å². The molecule has 0 bridgehead atoms. The van der Waals surface area contributed by atoms with Crippen LogP contribution in [0.2, 0.25) is 0 Å². The highest BCUT2D eigenvalue weighted by Crippen LogP contribution is 2.33. The zero-order chi connectivity index (χ0) is 16.9. The third-order valence-corrected chi connectivity index (χ3v) is 4.38. The highest BCUT2D eigenvalue weighted by Gasteiger charge is 2.42. The predicted octanol–water partition coefficient (Wildman–Crippen LogP) is 1.49. The first-order chi connectivity index (χ1) is 11.0. The minimum atomic E-state index is -0.725. The van der Waals surface area contributed by atoms with Gasteiger partial charge in [0.15, 0.2) is 5.78 Å². The van der Waals surface area contributed by atoms with E-state index in [9.17, 15) is 14.4 Å². The summed E-state index contributed by atoms with van der Waals surface area (Å²) in [6.07, 6.45) is 3.06. The van der Waals surface area contributed by atoms with Crippen LogP contribution in [0.25, 0.3) is 0 Å². The predicted molar refractivity (Wildman–Crippen MR) is 88.0 cm³/mol. The van der Waals surface area contributed by atoms with Crippen molar-refractivity contribution in [1.29, 1.82) is 0 Å². The Kier molecular flexibility index (Phi) is 5.66. The molecule has 0 unspecified atom stereocenters. The SMILES string of the molecule is CC(=O)CC(=O)[C@]1(c2ccc(C[C@@H](C)NC=O)cc2)CCCN1. The van der Waals surface area contributed by atoms with Gasteiger partial charge in [-0.2, -0.15) is 0 Å². The molecule has 1 saturated heterocycles. The summed E-state index contributed by atoms with van der Waals surface area (Å²) in [4.78, 5) is 34.4. The minimum Gasteiger partial charge on any atom is -0.356 e. The van der Waals surface area contributed by atoms with E-state index in [1.54, 1.807) is 0 Å². The van der Waals surface area contributed by atoms with Crippen LogP contribution in [0.5, 0.6) is 0 Å². The molecule has 2 rings (SSSR count). The number of carbonyl (C=O) groups is 3. The fourth-order valence-electron chi connectivity index (χ4n) is 3.22. The number of rotatable bonds is 8. The molecule has 2 N–H and O–H groups in total. The van der Waals surface area contributed by atoms with Crippen LogP contribution >= 0.6 is 0 Å². The molecular weight excluding hydrogens is 292 g/mol. The molecule has 1 fully saturated rings. The van der Waals surface area contributed by atoms with Crippen molar-refractivity contribution in [2.45, 2.75) is 51.1 Å². The number of hydrogen-bond acceptors (Lipinski definition) is 4. The maximum absolute atomic E-state index is 12.6. The van der Waals surface area contributed by atoms with Crippen molar-refractivity contribution in [2.75, 3.05) is 6.54 Å². The first-order valence-corrected chi connectivity index (χ1v) is 8.05. The van der Waals surface area contributed by atoms with Gasteiger partial charge in [0.1, 0.15) is 11.3 Å². The summed E-state index contributed by atoms with van der Waals surface area (Å²) < 4.78 is 0. The molecule has 1 aromatic carbocycles. The van der Waals surface area contributed by atoms with Gasteiger partial charge in [-0.1, -0.05) is 24.3 Å². The maximum Gasteiger partial charge on any atom is 0.207 e. The van der Waals surface area contributed by atoms with Crippen LogP contribution in [0.4, 0.5) is 0 Å². The summed E-state index contributed by atoms with van der Waals surface area (Å²) in [5, 5.41) is 6.04. The molecular formula is C18H24N2O3. The second-order valence-corrected chi connectivity index (χ2v) is 6.32. The van der Waals surface area contributed by atoms with Crippen molar-refractivity contribution in [3.8, 4) is 0 Å². The quantitative estimate of drug-likeness (QED) is 0.563. The van der Waals surface area contributed by atoms with Gasteiger partial charge in [-0.25, -0.2) is 0 Å². The fraction of sp³-hybridized carbons (Fsp3) is 0.500. The van der Waals surface area contributed by atoms with Gasteiger partial charge in [-0.3, -0.25) is 14.4 Å². The topological polar surface area (TPSA) is 75.3 Å². The Hall–Kier alpha value is -2.01. The summed E-state index contributed by atoms with van der Waals surface area (Å²) in [6, 6.07) is 7.96. The Labute approximate surface area is 136 Å². The Bertz CT molecular complexity index is 574. The van der Waals surface area contributed by atoms with Crippen molar-refractivity contribution < 1.29 is 14.4 Å². The van der Waals surface area contributed by atoms with Crippen molar-refractivity contribution in [3.63, 3.8) is 0 Å². The van der Waals surface area contributed by atoms with E-state index in [1.165, 1.54) is 6.92 Å². The third-order valence-electron chi connectivity index (χ3n) is 4.38. The van der Waals surface area contributed by atoms with Crippen molar-refractivity contribution in [1.82, 2.24) is 10.6 Å². The summed E-state index contributed by atoms with van der Waals surface area (Å²) in [6.45, 7) is 4.18. The molecule has 0 aromatic heterocycles. The number of Topliss-reactive ketones (excluding diaryl/α,β-unsaturated/α-hetero) is 2. The molecule has 1 heterocycles. The van der Waals surface area contributed by atoms with Gasteiger partial charge in [-0.15, -0.1) is 0 Å². The fourth-order valence-corrected chi connectivity index (χ4v) is 3.22. The van der Waals surface area contributed by atoms with Gasteiger partial charge in [0.05, 0.1) is 6.42 Å². The molecule has 2 atom stereocenters. The minimum absolute atomic E-state index is 0.0327. The first-order valence-electron chi connectivity index (χ1n) is 8.05. The lowest BCUT2D eigenvalue weighted by atomic mass is 9.82. The maximum atomic E-state index is 12.6. The van der Waals surface area contributed by atoms with E-state index in [4.69, 9.17) is 0 Å². The molecule has 1 aliphatic heterocycles. The lowest BCUT2D eigenvalue weighted by Gasteiger charge is -2.28. The van der Waals surface area contributed by atoms with E-state index in [-0.39, 0.29) is 24.0 Å². The van der Waals surface area contributed by atoms with Gasteiger partial charge >= 0.3 is 0 Å². The zero-order valence-electron chi connectivity index (χ0n) is 13.7. The average molecular weight is 316 g/mol. The number of amides is 1. The molecule has 124 valence electrons. The van der Waals surface area contributed by atoms with E-state index in [1.807, 2.05) is 31.2 Å². The van der Waals surface area contributed by atoms with Crippen LogP contribution in [0.15, 0.2) is 24.3 Å². The summed E-state index contributed by atoms with van der Waals surface area (Å²) in [5.74, 6) is -0.153. The number of hydrogen-bond donors (Lipinski definition) is 2. The molecule has 1 aromatic rings. The monoisotopic (exact) mass is 316 g/mol. The lowest BCUT2D eigenvalue weighted by Crippen LogP contribution is -2.45. The highest BCUT2D eigenvalue weighted by atomic mass is 16.2. The van der Waals surface area contributed by atoms with Crippen LogP contribution < -0.4 is 10.6 Å². The molecule has 5 heteroatoms. The molecule has 0 spiro atoms. The van der Waals surface area contributed by atoms with Crippen molar-refractivity contribution in [2.24, 2.45) is 0 Å². The number of benzene rings is 1. The van der Waals surface area contributed by atoms with Crippen LogP contribution in [-0.4, -0.2) is 30.6 Å². The lowest BCUT2D eigenvalue weighted by molar-refractivity contribution is -0.130. The van der Waals surface area contributed by atoms with E-state index in [0.29, 0.717) is 6.41 Å². The Morgan fingerprint density at radius 2 is 2.04 bits per heavy atom. The van der Waals surface area contributed by atoms with Crippen molar-refractivity contribution in [3.05, 3.63) is 35.4 Å². The van der Waals surface area contributed by atoms with Crippen LogP contribution in [0.1, 0.15) is 44.2 Å². The van der Waals surface area contributed by atoms with Crippen LogP contribution in [0.3, 0.4) is 0 Å². The van der Waals surface area contributed by atoms with Crippen LogP contribution in [-0.2, 0) is 26.3 Å². The number of carbonyl (C=O) groups excluding carboxylic acids is 3. The third kappa shape index (κ3) is 4.05. The number of ketones is 2. The average Bonchev–Trinajstić information content (AvgIpc) is 2.98. The Morgan fingerprint density at radius 1 is 1.35 bits per heavy atom. The normalized spacial score (nSPS) is 21.7. The molecule has 0 saturated carbocycles. The van der Waals surface area contributed by atoms with Crippen molar-refractivity contribution >= 4 is 18.0 Å². The smallest absolute Gasteiger partial charge is 0.207 e. The summed E-state index contributed by atoms with van der Waals surface area (Å²) >= 11 is 0. The standard InChI is InChI=1S/C18H24N2O3/c1-13(19-12-21)10-15-4-6-16(7-5-15)18(8-3-9-20-18)17(23)11-14(2)22/h4-7,12-13,20H,3,8-11H2,1-2H3,(H,19,21)/t13-,18-/m1/s1. The molecule has 1 aliphatic rings. The molecule has 5 nitrogen and oxygen atoms in total. The summed E-state index contributed by atoms with van der Waals surface area (Å²) in [5.41, 5.74) is 1.29. The van der Waals surface area contributed by atoms with E-state index in [2.05, 4.69) is 10.6 Å². The second kappa shape index (κ2) is 7.51. The van der Waals surface area contributed by atoms with Crippen LogP contribution in [0, 0.1) is 0 Å². The molecule has 0 radical (unpaired) electrons. The number of nitrogens with one attached hydrogen (secondary N) is 2. The van der Waals surface area contributed by atoms with E-state index >= 15 is 0 Å². The van der Waals surface area contributed by atoms with Gasteiger partial charge in [-0.05, 0) is 50.8 Å². The Balaban J connectivity index is 2.19. The molecule has 1 amide bonds. The summed E-state index contributed by atoms with van der Waals surface area (Å²) in [7, 11) is 0. The zero-order valence-corrected chi connectivity index (χ0v) is 13.7. The van der Waals surface area contributed by atoms with E-state index < -0.39 is 5.54 Å². The second-order valence-electron chi connectivity index (χ2n) is 6.32. The first kappa shape index (κ1) is 17.3. The van der Waals surface area contributed by atoms with Gasteiger partial charge in [0, 0.05) is 6.04 Å². The largest absolute Gasteiger partial charge is 0.356 e. The highest BCUT2D eigenvalue weighted by molar-refractivity contribution is 6.03. The molecule has 23 heavy (non-hydrogen) atoms. The van der Waals surface area contributed by atoms with E-state index in [0.717, 1.165) is 36.9 Å². The van der Waals surface area contributed by atoms with Gasteiger partial charge < -0.3 is 10.6 Å². The molecule has 0 aliphatic carbocycles.